The molecule has 3 aromatic rings. The van der Waals surface area contributed by atoms with Gasteiger partial charge in [-0.2, -0.15) is 0 Å². The van der Waals surface area contributed by atoms with Gasteiger partial charge in [-0.3, -0.25) is 13.9 Å². The van der Waals surface area contributed by atoms with E-state index in [1.165, 1.54) is 24.7 Å². The number of benzene rings is 1. The first kappa shape index (κ1) is 16.1. The zero-order valence-corrected chi connectivity index (χ0v) is 14.4. The molecule has 0 aliphatic rings. The van der Waals surface area contributed by atoms with Crippen molar-refractivity contribution in [2.24, 2.45) is 14.1 Å². The largest absolute Gasteiger partial charge is 0.478 e. The molecule has 0 fully saturated rings. The predicted molar refractivity (Wildman–Crippen MR) is 92.3 cm³/mol. The lowest BCUT2D eigenvalue weighted by Gasteiger charge is -2.11. The molecule has 0 spiro atoms. The Morgan fingerprint density at radius 1 is 1.12 bits per heavy atom. The van der Waals surface area contributed by atoms with E-state index >= 15 is 0 Å². The number of pyridine rings is 1. The van der Waals surface area contributed by atoms with Crippen molar-refractivity contribution in [3.63, 3.8) is 0 Å². The second-order valence-corrected chi connectivity index (χ2v) is 6.19. The topological polar surface area (TPSA) is 94.2 Å². The van der Waals surface area contributed by atoms with Crippen LogP contribution in [0.4, 0.5) is 0 Å². The van der Waals surface area contributed by atoms with E-state index in [2.05, 4.69) is 20.9 Å². The number of halogens is 1. The lowest BCUT2D eigenvalue weighted by atomic mass is 10.1. The second-order valence-electron chi connectivity index (χ2n) is 5.27. The molecule has 2 heterocycles. The third kappa shape index (κ3) is 2.44. The maximum absolute atomic E-state index is 12.4. The number of fused-ring (bicyclic) bond motifs is 1. The summed E-state index contributed by atoms with van der Waals surface area (Å²) >= 11 is 3.33. The number of rotatable bonds is 2. The number of carboxylic acids is 1. The first-order valence-corrected chi connectivity index (χ1v) is 7.70. The Kier molecular flexibility index (Phi) is 3.84. The number of hydrogen-bond donors (Lipinski definition) is 1. The number of nitrogens with zero attached hydrogens (tertiary/aromatic N) is 3. The highest BCUT2D eigenvalue weighted by molar-refractivity contribution is 9.10. The van der Waals surface area contributed by atoms with Crippen molar-refractivity contribution in [2.75, 3.05) is 0 Å². The highest BCUT2D eigenvalue weighted by Crippen LogP contribution is 2.24. The molecule has 2 aromatic heterocycles. The molecule has 8 heteroatoms. The predicted octanol–water partition coefficient (Wildman–Crippen LogP) is 1.76. The van der Waals surface area contributed by atoms with Crippen molar-refractivity contribution < 1.29 is 9.90 Å². The van der Waals surface area contributed by atoms with Crippen molar-refractivity contribution in [1.82, 2.24) is 14.1 Å². The monoisotopic (exact) mass is 389 g/mol. The van der Waals surface area contributed by atoms with E-state index in [0.717, 1.165) is 9.04 Å². The average molecular weight is 390 g/mol. The Hall–Kier alpha value is -2.74. The molecule has 0 atom stereocenters. The molecule has 0 aliphatic heterocycles. The van der Waals surface area contributed by atoms with Crippen LogP contribution in [-0.4, -0.2) is 25.2 Å². The number of carboxylic acid groups (broad SMARTS) is 1. The molecule has 0 amide bonds. The van der Waals surface area contributed by atoms with E-state index in [-0.39, 0.29) is 16.6 Å². The third-order valence-corrected chi connectivity index (χ3v) is 4.31. The fourth-order valence-corrected chi connectivity index (χ4v) is 2.76. The Morgan fingerprint density at radius 3 is 2.33 bits per heavy atom. The minimum atomic E-state index is -1.25. The van der Waals surface area contributed by atoms with Gasteiger partial charge in [0.05, 0.1) is 16.6 Å². The fraction of sp³-hybridized carbons (Fsp3) is 0.125. The van der Waals surface area contributed by atoms with Gasteiger partial charge in [-0.15, -0.1) is 0 Å². The summed E-state index contributed by atoms with van der Waals surface area (Å²) in [5.41, 5.74) is -0.342. The zero-order chi connectivity index (χ0) is 17.6. The van der Waals surface area contributed by atoms with Gasteiger partial charge in [-0.25, -0.2) is 14.6 Å². The number of hydrogen-bond acceptors (Lipinski definition) is 4. The first-order chi connectivity index (χ1) is 11.3. The maximum atomic E-state index is 12.4. The van der Waals surface area contributed by atoms with Crippen LogP contribution in [-0.2, 0) is 14.1 Å². The van der Waals surface area contributed by atoms with Crippen molar-refractivity contribution in [2.45, 2.75) is 0 Å². The smallest absolute Gasteiger partial charge is 0.336 e. The number of aryl methyl sites for hydroxylation is 1. The highest BCUT2D eigenvalue weighted by atomic mass is 79.9. The van der Waals surface area contributed by atoms with Gasteiger partial charge >= 0.3 is 11.7 Å². The third-order valence-electron chi connectivity index (χ3n) is 3.78. The molecule has 0 unspecified atom stereocenters. The Labute approximate surface area is 143 Å². The van der Waals surface area contributed by atoms with Gasteiger partial charge in [-0.05, 0) is 18.2 Å². The number of carbonyl (C=O) groups is 1. The summed E-state index contributed by atoms with van der Waals surface area (Å²) in [4.78, 5) is 40.5. The van der Waals surface area contributed by atoms with Crippen LogP contribution in [0.1, 0.15) is 10.4 Å². The van der Waals surface area contributed by atoms with Gasteiger partial charge in [0, 0.05) is 24.1 Å². The fourth-order valence-electron chi connectivity index (χ4n) is 2.49. The molecule has 1 aromatic carbocycles. The second kappa shape index (κ2) is 5.72. The van der Waals surface area contributed by atoms with Crippen LogP contribution < -0.4 is 11.2 Å². The summed E-state index contributed by atoms with van der Waals surface area (Å²) in [7, 11) is 2.76. The lowest BCUT2D eigenvalue weighted by Crippen LogP contribution is -2.38. The Balaban J connectivity index is 2.48. The van der Waals surface area contributed by atoms with Crippen LogP contribution in [0.5, 0.6) is 0 Å². The molecular weight excluding hydrogens is 378 g/mol. The van der Waals surface area contributed by atoms with Gasteiger partial charge in [-0.1, -0.05) is 28.1 Å². The van der Waals surface area contributed by atoms with E-state index in [0.29, 0.717) is 11.3 Å². The number of aromatic carboxylic acids is 1. The van der Waals surface area contributed by atoms with E-state index in [4.69, 9.17) is 0 Å². The summed E-state index contributed by atoms with van der Waals surface area (Å²) in [5.74, 6) is -1.25. The normalized spacial score (nSPS) is 11.0. The van der Waals surface area contributed by atoms with Gasteiger partial charge in [0.15, 0.2) is 5.65 Å². The van der Waals surface area contributed by atoms with Crippen molar-refractivity contribution in [1.29, 1.82) is 0 Å². The van der Waals surface area contributed by atoms with Crippen LogP contribution in [0, 0.1) is 0 Å². The van der Waals surface area contributed by atoms with Crippen LogP contribution in [0.2, 0.25) is 0 Å². The van der Waals surface area contributed by atoms with E-state index in [1.54, 1.807) is 24.3 Å². The van der Waals surface area contributed by atoms with E-state index in [1.807, 2.05) is 0 Å². The quantitative estimate of drug-likeness (QED) is 0.720. The van der Waals surface area contributed by atoms with E-state index in [9.17, 15) is 19.5 Å². The molecule has 24 heavy (non-hydrogen) atoms. The minimum Gasteiger partial charge on any atom is -0.478 e. The van der Waals surface area contributed by atoms with Crippen LogP contribution in [0.25, 0.3) is 22.3 Å². The maximum Gasteiger partial charge on any atom is 0.336 e. The molecule has 7 nitrogen and oxygen atoms in total. The summed E-state index contributed by atoms with van der Waals surface area (Å²) in [6.07, 6.45) is 0. The van der Waals surface area contributed by atoms with Crippen LogP contribution >= 0.6 is 15.9 Å². The van der Waals surface area contributed by atoms with Gasteiger partial charge in [0.1, 0.15) is 0 Å². The molecule has 0 aliphatic carbocycles. The Morgan fingerprint density at radius 2 is 1.75 bits per heavy atom. The van der Waals surface area contributed by atoms with Crippen molar-refractivity contribution in [3.05, 3.63) is 61.2 Å². The van der Waals surface area contributed by atoms with Gasteiger partial charge in [0.25, 0.3) is 5.56 Å². The number of aromatic nitrogens is 3. The molecule has 0 saturated carbocycles. The molecule has 0 bridgehead atoms. The summed E-state index contributed by atoms with van der Waals surface area (Å²) < 4.78 is 2.91. The average Bonchev–Trinajstić information content (AvgIpc) is 2.57. The molecule has 0 saturated heterocycles. The summed E-state index contributed by atoms with van der Waals surface area (Å²) in [5, 5.41) is 9.41. The standard InChI is InChI=1S/C16H12BrN3O4/c1-19-13-12(14(21)20(2)16(19)24)10(15(22)23)7-11(18-13)8-3-5-9(17)6-4-8/h3-7H,1-2H3,(H,22,23). The van der Waals surface area contributed by atoms with Crippen molar-refractivity contribution in [3.8, 4) is 11.3 Å². The molecule has 1 N–H and O–H groups in total. The Bertz CT molecular complexity index is 1100. The molecule has 3 rings (SSSR count). The zero-order valence-electron chi connectivity index (χ0n) is 12.8. The SMILES string of the molecule is Cn1c(=O)c2c(C(=O)O)cc(-c3ccc(Br)cc3)nc2n(C)c1=O. The van der Waals surface area contributed by atoms with Crippen LogP contribution in [0.15, 0.2) is 44.4 Å². The van der Waals surface area contributed by atoms with Gasteiger partial charge < -0.3 is 5.11 Å². The molecule has 122 valence electrons. The minimum absolute atomic E-state index is 0.0425. The highest BCUT2D eigenvalue weighted by Gasteiger charge is 2.19. The van der Waals surface area contributed by atoms with Crippen molar-refractivity contribution >= 4 is 32.9 Å². The lowest BCUT2D eigenvalue weighted by molar-refractivity contribution is 0.0699. The first-order valence-electron chi connectivity index (χ1n) is 6.91. The summed E-state index contributed by atoms with van der Waals surface area (Å²) in [6, 6.07) is 8.47. The molecular formula is C16H12BrN3O4. The summed E-state index contributed by atoms with van der Waals surface area (Å²) in [6.45, 7) is 0. The van der Waals surface area contributed by atoms with Gasteiger partial charge in [0.2, 0.25) is 0 Å². The van der Waals surface area contributed by atoms with E-state index < -0.39 is 17.2 Å². The molecule has 0 radical (unpaired) electrons. The van der Waals surface area contributed by atoms with Crippen LogP contribution in [0.3, 0.4) is 0 Å².